The molecule has 0 radical (unpaired) electrons. The Morgan fingerprint density at radius 2 is 1.96 bits per heavy atom. The zero-order valence-electron chi connectivity index (χ0n) is 15.8. The summed E-state index contributed by atoms with van der Waals surface area (Å²) in [6.07, 6.45) is 10.4. The summed E-state index contributed by atoms with van der Waals surface area (Å²) in [4.78, 5) is 32.6. The monoisotopic (exact) mass is 389 g/mol. The summed E-state index contributed by atoms with van der Waals surface area (Å²) in [7, 11) is 0. The average Bonchev–Trinajstić information content (AvgIpc) is 2.94. The maximum absolute atomic E-state index is 12.8. The highest BCUT2D eigenvalue weighted by Gasteiger charge is 2.23. The molecule has 4 rings (SSSR count). The molecule has 1 aliphatic heterocycles. The number of rotatable bonds is 3. The highest BCUT2D eigenvalue weighted by Crippen LogP contribution is 2.26. The van der Waals surface area contributed by atoms with Gasteiger partial charge in [-0.3, -0.25) is 9.59 Å². The third-order valence-corrected chi connectivity index (χ3v) is 6.62. The lowest BCUT2D eigenvalue weighted by Gasteiger charge is -2.30. The standard InChI is InChI=1S/C19H27N5O2S/c1-13-7-6-10-23(12-13)19-22-24-17(26)15(11-20-18(24)27-19)16(25)21-14-8-4-2-3-5-9-14/h11,13-14H,2-10,12H2,1H3,(H,21,25)/t13-/m0/s1. The van der Waals surface area contributed by atoms with Crippen LogP contribution in [0.2, 0.25) is 0 Å². The number of nitrogens with zero attached hydrogens (tertiary/aromatic N) is 4. The second-order valence-corrected chi connectivity index (χ2v) is 8.85. The Bertz CT molecular complexity index is 869. The van der Waals surface area contributed by atoms with Crippen molar-refractivity contribution in [3.8, 4) is 0 Å². The van der Waals surface area contributed by atoms with Crippen LogP contribution in [0, 0.1) is 5.92 Å². The van der Waals surface area contributed by atoms with Crippen LogP contribution in [0.15, 0.2) is 11.0 Å². The van der Waals surface area contributed by atoms with Crippen LogP contribution in [0.4, 0.5) is 5.13 Å². The molecule has 7 nitrogen and oxygen atoms in total. The summed E-state index contributed by atoms with van der Waals surface area (Å²) in [6, 6.07) is 0.154. The summed E-state index contributed by atoms with van der Waals surface area (Å²) in [5.41, 5.74) is -0.292. The molecule has 0 bridgehead atoms. The molecule has 2 fully saturated rings. The third-order valence-electron chi connectivity index (χ3n) is 5.64. The van der Waals surface area contributed by atoms with Gasteiger partial charge in [0.2, 0.25) is 10.1 Å². The van der Waals surface area contributed by atoms with Gasteiger partial charge in [-0.05, 0) is 31.6 Å². The van der Waals surface area contributed by atoms with Crippen molar-refractivity contribution in [3.63, 3.8) is 0 Å². The number of aromatic nitrogens is 3. The van der Waals surface area contributed by atoms with Gasteiger partial charge in [0.05, 0.1) is 0 Å². The minimum atomic E-state index is -0.376. The van der Waals surface area contributed by atoms with Gasteiger partial charge >= 0.3 is 0 Å². The van der Waals surface area contributed by atoms with Gasteiger partial charge in [-0.2, -0.15) is 4.52 Å². The van der Waals surface area contributed by atoms with Crippen LogP contribution < -0.4 is 15.8 Å². The summed E-state index contributed by atoms with van der Waals surface area (Å²) >= 11 is 1.41. The van der Waals surface area contributed by atoms with Gasteiger partial charge in [0.1, 0.15) is 5.56 Å². The molecule has 1 atom stereocenters. The minimum Gasteiger partial charge on any atom is -0.349 e. The van der Waals surface area contributed by atoms with E-state index in [0.29, 0.717) is 10.9 Å². The molecule has 1 N–H and O–H groups in total. The SMILES string of the molecule is C[C@H]1CCCN(c2nn3c(=O)c(C(=O)NC4CCCCCC4)cnc3s2)C1. The van der Waals surface area contributed by atoms with E-state index in [2.05, 4.69) is 27.2 Å². The quantitative estimate of drug-likeness (QED) is 0.817. The lowest BCUT2D eigenvalue weighted by Crippen LogP contribution is -2.38. The summed E-state index contributed by atoms with van der Waals surface area (Å²) < 4.78 is 1.29. The number of anilines is 1. The molecule has 2 aromatic heterocycles. The van der Waals surface area contributed by atoms with E-state index in [1.165, 1.54) is 41.3 Å². The fourth-order valence-electron chi connectivity index (χ4n) is 4.11. The number of carbonyl (C=O) groups excluding carboxylic acids is 1. The van der Waals surface area contributed by atoms with E-state index >= 15 is 0 Å². The predicted molar refractivity (Wildman–Crippen MR) is 107 cm³/mol. The molecule has 1 aliphatic carbocycles. The van der Waals surface area contributed by atoms with Gasteiger partial charge in [0.15, 0.2) is 0 Å². The van der Waals surface area contributed by atoms with E-state index in [-0.39, 0.29) is 23.1 Å². The van der Waals surface area contributed by atoms with Gasteiger partial charge in [0, 0.05) is 25.3 Å². The summed E-state index contributed by atoms with van der Waals surface area (Å²) in [5.74, 6) is 0.298. The van der Waals surface area contributed by atoms with Crippen molar-refractivity contribution in [1.29, 1.82) is 0 Å². The van der Waals surface area contributed by atoms with Crippen molar-refractivity contribution in [2.24, 2.45) is 5.92 Å². The maximum Gasteiger partial charge on any atom is 0.288 e. The molecule has 0 unspecified atom stereocenters. The van der Waals surface area contributed by atoms with Crippen LogP contribution in [-0.4, -0.2) is 39.6 Å². The molecular weight excluding hydrogens is 362 g/mol. The van der Waals surface area contributed by atoms with Gasteiger partial charge in [-0.1, -0.05) is 43.9 Å². The van der Waals surface area contributed by atoms with Crippen LogP contribution in [0.3, 0.4) is 0 Å². The number of hydrogen-bond acceptors (Lipinski definition) is 6. The fraction of sp³-hybridized carbons (Fsp3) is 0.684. The zero-order valence-corrected chi connectivity index (χ0v) is 16.6. The second-order valence-electron chi connectivity index (χ2n) is 7.91. The first-order valence-corrected chi connectivity index (χ1v) is 10.9. The second kappa shape index (κ2) is 7.96. The van der Waals surface area contributed by atoms with Crippen LogP contribution in [0.5, 0.6) is 0 Å². The number of piperidine rings is 1. The van der Waals surface area contributed by atoms with Crippen molar-refractivity contribution in [2.45, 2.75) is 64.3 Å². The molecule has 27 heavy (non-hydrogen) atoms. The molecule has 1 saturated carbocycles. The largest absolute Gasteiger partial charge is 0.349 e. The van der Waals surface area contributed by atoms with Crippen LogP contribution in [-0.2, 0) is 0 Å². The van der Waals surface area contributed by atoms with Crippen molar-refractivity contribution in [1.82, 2.24) is 19.9 Å². The van der Waals surface area contributed by atoms with E-state index in [0.717, 1.165) is 50.3 Å². The molecule has 8 heteroatoms. The molecule has 2 aliphatic rings. The van der Waals surface area contributed by atoms with E-state index in [4.69, 9.17) is 0 Å². The smallest absolute Gasteiger partial charge is 0.288 e. The van der Waals surface area contributed by atoms with Gasteiger partial charge in [-0.15, -0.1) is 5.10 Å². The van der Waals surface area contributed by atoms with Gasteiger partial charge in [0.25, 0.3) is 11.5 Å². The zero-order chi connectivity index (χ0) is 18.8. The van der Waals surface area contributed by atoms with Crippen LogP contribution >= 0.6 is 11.3 Å². The molecule has 3 heterocycles. The van der Waals surface area contributed by atoms with Gasteiger partial charge < -0.3 is 10.2 Å². The first-order chi connectivity index (χ1) is 13.1. The minimum absolute atomic E-state index is 0.0839. The summed E-state index contributed by atoms with van der Waals surface area (Å²) in [5, 5.41) is 8.32. The molecular formula is C19H27N5O2S. The number of carbonyl (C=O) groups is 1. The first-order valence-electron chi connectivity index (χ1n) is 10.1. The Morgan fingerprint density at radius 1 is 1.19 bits per heavy atom. The lowest BCUT2D eigenvalue weighted by molar-refractivity contribution is 0.0931. The van der Waals surface area contributed by atoms with Crippen molar-refractivity contribution in [2.75, 3.05) is 18.0 Å². The van der Waals surface area contributed by atoms with Crippen molar-refractivity contribution < 1.29 is 4.79 Å². The molecule has 0 spiro atoms. The Kier molecular flexibility index (Phi) is 5.43. The van der Waals surface area contributed by atoms with E-state index in [1.54, 1.807) is 0 Å². The molecule has 0 aromatic carbocycles. The lowest BCUT2D eigenvalue weighted by atomic mass is 10.0. The van der Waals surface area contributed by atoms with Crippen molar-refractivity contribution >= 4 is 27.3 Å². The van der Waals surface area contributed by atoms with E-state index in [1.807, 2.05) is 0 Å². The first kappa shape index (κ1) is 18.4. The average molecular weight is 390 g/mol. The Hall–Kier alpha value is -1.96. The van der Waals surface area contributed by atoms with E-state index < -0.39 is 0 Å². The maximum atomic E-state index is 12.8. The fourth-order valence-corrected chi connectivity index (χ4v) is 5.01. The highest BCUT2D eigenvalue weighted by molar-refractivity contribution is 7.20. The Morgan fingerprint density at radius 3 is 2.70 bits per heavy atom. The van der Waals surface area contributed by atoms with Crippen molar-refractivity contribution in [3.05, 3.63) is 22.1 Å². The topological polar surface area (TPSA) is 79.6 Å². The highest BCUT2D eigenvalue weighted by atomic mass is 32.1. The predicted octanol–water partition coefficient (Wildman–Crippen LogP) is 2.84. The van der Waals surface area contributed by atoms with E-state index in [9.17, 15) is 9.59 Å². The van der Waals surface area contributed by atoms with Crippen LogP contribution in [0.1, 0.15) is 68.6 Å². The molecule has 1 amide bonds. The van der Waals surface area contributed by atoms with Gasteiger partial charge in [-0.25, -0.2) is 4.98 Å². The third kappa shape index (κ3) is 4.00. The number of amides is 1. The normalized spacial score (nSPS) is 22.0. The molecule has 146 valence electrons. The number of hydrogen-bond donors (Lipinski definition) is 1. The Labute approximate surface area is 162 Å². The molecule has 2 aromatic rings. The number of fused-ring (bicyclic) bond motifs is 1. The molecule has 1 saturated heterocycles. The van der Waals surface area contributed by atoms with Crippen LogP contribution in [0.25, 0.3) is 4.96 Å². The number of nitrogens with one attached hydrogen (secondary N) is 1. The Balaban J connectivity index is 1.56. The summed E-state index contributed by atoms with van der Waals surface area (Å²) in [6.45, 7) is 4.14.